The number of benzene rings is 2. The maximum atomic E-state index is 13.2. The van der Waals surface area contributed by atoms with Crippen LogP contribution in [0.15, 0.2) is 41.2 Å². The molecule has 0 amide bonds. The van der Waals surface area contributed by atoms with Crippen LogP contribution in [-0.2, 0) is 19.5 Å². The largest absolute Gasteiger partial charge is 0.495 e. The summed E-state index contributed by atoms with van der Waals surface area (Å²) in [5.74, 6) is 0.635. The number of aromatic amines is 1. The first-order valence-corrected chi connectivity index (χ1v) is 9.24. The highest BCUT2D eigenvalue weighted by molar-refractivity contribution is 6.35. The molecule has 2 N–H and O–H groups in total. The molecule has 0 radical (unpaired) electrons. The fraction of sp³-hybridized carbons (Fsp3) is 0.286. The number of nitrogens with one attached hydrogen (secondary N) is 2. The average molecular weight is 370 g/mol. The number of hydrogen-bond donors (Lipinski definition) is 2. The van der Waals surface area contributed by atoms with Gasteiger partial charge < -0.3 is 14.6 Å². The number of halogens is 1. The zero-order chi connectivity index (χ0) is 18.3. The van der Waals surface area contributed by atoms with Crippen molar-refractivity contribution >= 4 is 22.5 Å². The van der Waals surface area contributed by atoms with Crippen LogP contribution in [0.3, 0.4) is 0 Å². The highest BCUT2D eigenvalue weighted by atomic mass is 35.5. The first-order chi connectivity index (χ1) is 12.6. The van der Waals surface area contributed by atoms with Crippen molar-refractivity contribution in [3.63, 3.8) is 0 Å². The predicted molar refractivity (Wildman–Crippen MR) is 104 cm³/mol. The topological polar surface area (TPSA) is 46.5 Å². The molecule has 0 aliphatic carbocycles. The molecule has 4 rings (SSSR count). The molecule has 1 aromatic heterocycles. The molecule has 0 fully saturated rings. The van der Waals surface area contributed by atoms with E-state index >= 15 is 0 Å². The number of hydrogen-bond acceptors (Lipinski definition) is 2. The van der Waals surface area contributed by atoms with Gasteiger partial charge in [0.1, 0.15) is 18.8 Å². The summed E-state index contributed by atoms with van der Waals surface area (Å²) in [4.78, 5) is 17.9. The van der Waals surface area contributed by atoms with Crippen LogP contribution in [0.1, 0.15) is 22.4 Å². The number of methoxy groups -OCH3 is 1. The van der Waals surface area contributed by atoms with Crippen molar-refractivity contribution in [1.82, 2.24) is 4.98 Å². The highest BCUT2D eigenvalue weighted by Gasteiger charge is 2.23. The van der Waals surface area contributed by atoms with Gasteiger partial charge in [-0.25, -0.2) is 0 Å². The molecule has 26 heavy (non-hydrogen) atoms. The summed E-state index contributed by atoms with van der Waals surface area (Å²) in [6.45, 7) is 4.62. The summed E-state index contributed by atoms with van der Waals surface area (Å²) in [6.07, 6.45) is 1.05. The van der Waals surface area contributed by atoms with Crippen LogP contribution >= 0.6 is 11.6 Å². The zero-order valence-corrected chi connectivity index (χ0v) is 15.7. The minimum absolute atomic E-state index is 0.00603. The Balaban J connectivity index is 1.74. The molecule has 1 unspecified atom stereocenters. The van der Waals surface area contributed by atoms with Crippen molar-refractivity contribution < 1.29 is 9.64 Å². The monoisotopic (exact) mass is 369 g/mol. The van der Waals surface area contributed by atoms with Crippen LogP contribution in [0.4, 0.5) is 0 Å². The lowest BCUT2D eigenvalue weighted by Crippen LogP contribution is -3.10. The fourth-order valence-electron chi connectivity index (χ4n) is 3.92. The second-order valence-corrected chi connectivity index (χ2v) is 7.34. The molecule has 2 heterocycles. The third-order valence-corrected chi connectivity index (χ3v) is 5.65. The number of ether oxygens (including phenoxy) is 1. The number of fused-ring (bicyclic) bond motifs is 2. The van der Waals surface area contributed by atoms with Crippen LogP contribution in [0.25, 0.3) is 10.9 Å². The van der Waals surface area contributed by atoms with Crippen LogP contribution < -0.4 is 15.1 Å². The molecule has 3 aromatic rings. The number of aryl methyl sites for hydroxylation is 1. The van der Waals surface area contributed by atoms with E-state index in [1.165, 1.54) is 16.0 Å². The Morgan fingerprint density at radius 3 is 2.73 bits per heavy atom. The second kappa shape index (κ2) is 6.78. The molecule has 0 saturated carbocycles. The van der Waals surface area contributed by atoms with Gasteiger partial charge in [0, 0.05) is 17.7 Å². The van der Waals surface area contributed by atoms with E-state index in [1.54, 1.807) is 19.2 Å². The van der Waals surface area contributed by atoms with Gasteiger partial charge >= 0.3 is 0 Å². The number of pyridine rings is 1. The Labute approximate surface area is 157 Å². The number of H-pyrrole nitrogens is 1. The SMILES string of the molecule is COc1ccc(Cl)c2c(=O)c(C[NH+]3CCc4ccccc4C3)c(C)[nH]c12. The summed E-state index contributed by atoms with van der Waals surface area (Å²) in [5.41, 5.74) is 5.17. The maximum absolute atomic E-state index is 13.2. The molecule has 2 aromatic carbocycles. The van der Waals surface area contributed by atoms with Gasteiger partial charge in [0.25, 0.3) is 0 Å². The smallest absolute Gasteiger partial charge is 0.200 e. The van der Waals surface area contributed by atoms with E-state index in [4.69, 9.17) is 16.3 Å². The lowest BCUT2D eigenvalue weighted by molar-refractivity contribution is -0.929. The van der Waals surface area contributed by atoms with Crippen molar-refractivity contribution in [2.24, 2.45) is 0 Å². The van der Waals surface area contributed by atoms with Crippen molar-refractivity contribution in [3.05, 3.63) is 74.0 Å². The molecular weight excluding hydrogens is 348 g/mol. The van der Waals surface area contributed by atoms with Crippen LogP contribution in [0, 0.1) is 6.92 Å². The van der Waals surface area contributed by atoms with E-state index in [-0.39, 0.29) is 5.43 Å². The molecule has 1 aliphatic rings. The summed E-state index contributed by atoms with van der Waals surface area (Å²) in [5, 5.41) is 0.978. The summed E-state index contributed by atoms with van der Waals surface area (Å²) >= 11 is 6.34. The van der Waals surface area contributed by atoms with Crippen molar-refractivity contribution in [1.29, 1.82) is 0 Å². The fourth-order valence-corrected chi connectivity index (χ4v) is 4.16. The number of rotatable bonds is 3. The predicted octanol–water partition coefficient (Wildman–Crippen LogP) is 2.64. The second-order valence-electron chi connectivity index (χ2n) is 6.93. The van der Waals surface area contributed by atoms with Gasteiger partial charge in [0.2, 0.25) is 0 Å². The lowest BCUT2D eigenvalue weighted by atomic mass is 9.99. The highest BCUT2D eigenvalue weighted by Crippen LogP contribution is 2.28. The first kappa shape index (κ1) is 17.1. The van der Waals surface area contributed by atoms with Gasteiger partial charge in [0.05, 0.1) is 35.1 Å². The summed E-state index contributed by atoms with van der Waals surface area (Å²) in [7, 11) is 1.60. The molecule has 0 bridgehead atoms. The van der Waals surface area contributed by atoms with Crippen molar-refractivity contribution in [2.45, 2.75) is 26.4 Å². The summed E-state index contributed by atoms with van der Waals surface area (Å²) < 4.78 is 5.39. The quantitative estimate of drug-likeness (QED) is 0.745. The van der Waals surface area contributed by atoms with Crippen molar-refractivity contribution in [3.8, 4) is 5.75 Å². The van der Waals surface area contributed by atoms with E-state index in [0.29, 0.717) is 28.2 Å². The van der Waals surface area contributed by atoms with Gasteiger partial charge in [-0.3, -0.25) is 4.79 Å². The molecule has 1 atom stereocenters. The Hall–Kier alpha value is -2.30. The Bertz CT molecular complexity index is 1040. The van der Waals surface area contributed by atoms with Gasteiger partial charge in [0.15, 0.2) is 5.43 Å². The van der Waals surface area contributed by atoms with E-state index in [9.17, 15) is 4.79 Å². The van der Waals surface area contributed by atoms with E-state index in [0.717, 1.165) is 30.8 Å². The van der Waals surface area contributed by atoms with Crippen LogP contribution in [-0.4, -0.2) is 18.6 Å². The summed E-state index contributed by atoms with van der Waals surface area (Å²) in [6, 6.07) is 12.1. The van der Waals surface area contributed by atoms with Gasteiger partial charge in [-0.1, -0.05) is 35.9 Å². The van der Waals surface area contributed by atoms with Gasteiger partial charge in [-0.2, -0.15) is 0 Å². The Kier molecular flexibility index (Phi) is 4.47. The molecule has 0 saturated heterocycles. The standard InChI is InChI=1S/C21H21ClN2O2/c1-13-16(12-24-10-9-14-5-3-4-6-15(14)11-24)21(25)19-17(22)7-8-18(26-2)20(19)23-13/h3-8H,9-12H2,1-2H3,(H,23,25)/p+1. The van der Waals surface area contributed by atoms with Gasteiger partial charge in [-0.15, -0.1) is 0 Å². The van der Waals surface area contributed by atoms with Gasteiger partial charge in [-0.05, 0) is 24.6 Å². The molecule has 4 nitrogen and oxygen atoms in total. The molecule has 1 aliphatic heterocycles. The van der Waals surface area contributed by atoms with E-state index < -0.39 is 0 Å². The molecular formula is C21H22ClN2O2+. The minimum atomic E-state index is 0.00603. The third kappa shape index (κ3) is 2.89. The van der Waals surface area contributed by atoms with Crippen molar-refractivity contribution in [2.75, 3.05) is 13.7 Å². The normalized spacial score (nSPS) is 16.5. The number of aromatic nitrogens is 1. The Morgan fingerprint density at radius 2 is 1.96 bits per heavy atom. The average Bonchev–Trinajstić information content (AvgIpc) is 2.65. The maximum Gasteiger partial charge on any atom is 0.200 e. The zero-order valence-electron chi connectivity index (χ0n) is 15.0. The molecule has 0 spiro atoms. The third-order valence-electron chi connectivity index (χ3n) is 5.34. The molecule has 134 valence electrons. The van der Waals surface area contributed by atoms with Crippen LogP contribution in [0.5, 0.6) is 5.75 Å². The molecule has 5 heteroatoms. The van der Waals surface area contributed by atoms with E-state index in [2.05, 4.69) is 29.2 Å². The van der Waals surface area contributed by atoms with E-state index in [1.807, 2.05) is 6.92 Å². The lowest BCUT2D eigenvalue weighted by Gasteiger charge is -2.26. The Morgan fingerprint density at radius 1 is 1.19 bits per heavy atom. The number of quaternary nitrogens is 1. The minimum Gasteiger partial charge on any atom is -0.495 e. The van der Waals surface area contributed by atoms with Crippen LogP contribution in [0.2, 0.25) is 5.02 Å². The first-order valence-electron chi connectivity index (χ1n) is 8.86.